The van der Waals surface area contributed by atoms with E-state index in [1.54, 1.807) is 0 Å². The molecule has 0 fully saturated rings. The van der Waals surface area contributed by atoms with Gasteiger partial charge in [-0.1, -0.05) is 61.0 Å². The average molecular weight is 240 g/mol. The molecule has 0 amide bonds. The molecular formula is C17H20O. The van der Waals surface area contributed by atoms with Crippen molar-refractivity contribution in [3.05, 3.63) is 70.8 Å². The van der Waals surface area contributed by atoms with E-state index in [1.165, 1.54) is 5.56 Å². The summed E-state index contributed by atoms with van der Waals surface area (Å²) in [6, 6.07) is 16.1. The van der Waals surface area contributed by atoms with Crippen LogP contribution in [0.2, 0.25) is 0 Å². The largest absolute Gasteiger partial charge is 0.380 e. The normalized spacial score (nSPS) is 14.2. The predicted octanol–water partition coefficient (Wildman–Crippen LogP) is 3.95. The van der Waals surface area contributed by atoms with Gasteiger partial charge in [0, 0.05) is 0 Å². The second kappa shape index (κ2) is 4.95. The lowest BCUT2D eigenvalue weighted by molar-refractivity contribution is 0.0759. The number of hydrogen-bond donors (Lipinski definition) is 1. The molecule has 0 aromatic heterocycles. The van der Waals surface area contributed by atoms with E-state index in [-0.39, 0.29) is 0 Å². The first kappa shape index (κ1) is 12.8. The maximum absolute atomic E-state index is 11.0. The number of aryl methyl sites for hydroxylation is 2. The Labute approximate surface area is 109 Å². The molecule has 0 aliphatic carbocycles. The lowest BCUT2D eigenvalue weighted by atomic mass is 9.81. The molecule has 1 nitrogen and oxygen atoms in total. The van der Waals surface area contributed by atoms with Crippen molar-refractivity contribution in [2.45, 2.75) is 32.8 Å². The van der Waals surface area contributed by atoms with Crippen LogP contribution >= 0.6 is 0 Å². The summed E-state index contributed by atoms with van der Waals surface area (Å²) in [4.78, 5) is 0. The Morgan fingerprint density at radius 3 is 2.22 bits per heavy atom. The molecule has 1 atom stereocenters. The van der Waals surface area contributed by atoms with Gasteiger partial charge in [0.1, 0.15) is 5.60 Å². The van der Waals surface area contributed by atoms with Crippen molar-refractivity contribution in [3.8, 4) is 0 Å². The van der Waals surface area contributed by atoms with Gasteiger partial charge in [0.2, 0.25) is 0 Å². The van der Waals surface area contributed by atoms with Gasteiger partial charge < -0.3 is 5.11 Å². The molecule has 0 bridgehead atoms. The van der Waals surface area contributed by atoms with Crippen LogP contribution in [0.4, 0.5) is 0 Å². The van der Waals surface area contributed by atoms with Crippen LogP contribution in [0.3, 0.4) is 0 Å². The third-order valence-electron chi connectivity index (χ3n) is 3.59. The topological polar surface area (TPSA) is 20.2 Å². The van der Waals surface area contributed by atoms with Crippen molar-refractivity contribution < 1.29 is 5.11 Å². The zero-order valence-corrected chi connectivity index (χ0v) is 11.3. The summed E-state index contributed by atoms with van der Waals surface area (Å²) in [6.07, 6.45) is 0.668. The van der Waals surface area contributed by atoms with E-state index in [1.807, 2.05) is 43.3 Å². The molecule has 94 valence electrons. The van der Waals surface area contributed by atoms with Crippen molar-refractivity contribution in [1.82, 2.24) is 0 Å². The molecule has 0 saturated carbocycles. The summed E-state index contributed by atoms with van der Waals surface area (Å²) in [5.74, 6) is 0. The monoisotopic (exact) mass is 240 g/mol. The highest BCUT2D eigenvalue weighted by Gasteiger charge is 2.30. The Morgan fingerprint density at radius 1 is 1.00 bits per heavy atom. The highest BCUT2D eigenvalue weighted by Crippen LogP contribution is 2.34. The summed E-state index contributed by atoms with van der Waals surface area (Å²) in [5, 5.41) is 11.0. The maximum atomic E-state index is 11.0. The predicted molar refractivity (Wildman–Crippen MR) is 75.6 cm³/mol. The van der Waals surface area contributed by atoms with Gasteiger partial charge in [-0.05, 0) is 37.0 Å². The van der Waals surface area contributed by atoms with E-state index in [0.29, 0.717) is 6.42 Å². The van der Waals surface area contributed by atoms with E-state index in [4.69, 9.17) is 0 Å². The second-order valence-corrected chi connectivity index (χ2v) is 4.90. The van der Waals surface area contributed by atoms with Crippen molar-refractivity contribution in [3.63, 3.8) is 0 Å². The average Bonchev–Trinajstić information content (AvgIpc) is 2.39. The van der Waals surface area contributed by atoms with Crippen LogP contribution in [0.25, 0.3) is 0 Å². The van der Waals surface area contributed by atoms with Crippen LogP contribution in [0, 0.1) is 13.8 Å². The number of benzene rings is 2. The van der Waals surface area contributed by atoms with E-state index in [0.717, 1.165) is 16.7 Å². The van der Waals surface area contributed by atoms with Gasteiger partial charge in [0.05, 0.1) is 0 Å². The van der Waals surface area contributed by atoms with E-state index in [2.05, 4.69) is 26.0 Å². The molecule has 0 aliphatic heterocycles. The first-order valence-electron chi connectivity index (χ1n) is 6.43. The summed E-state index contributed by atoms with van der Waals surface area (Å²) in [7, 11) is 0. The molecule has 0 spiro atoms. The molecule has 0 heterocycles. The molecule has 2 aromatic rings. The summed E-state index contributed by atoms with van der Waals surface area (Å²) in [6.45, 7) is 6.16. The van der Waals surface area contributed by atoms with Crippen LogP contribution in [0.15, 0.2) is 48.5 Å². The Bertz CT molecular complexity index is 531. The Kier molecular flexibility index (Phi) is 3.53. The molecule has 18 heavy (non-hydrogen) atoms. The van der Waals surface area contributed by atoms with Crippen molar-refractivity contribution in [2.24, 2.45) is 0 Å². The summed E-state index contributed by atoms with van der Waals surface area (Å²) in [5.41, 5.74) is 3.44. The Morgan fingerprint density at radius 2 is 1.67 bits per heavy atom. The molecule has 2 rings (SSSR count). The van der Waals surface area contributed by atoms with Gasteiger partial charge in [-0.2, -0.15) is 0 Å². The van der Waals surface area contributed by atoms with Crippen LogP contribution in [-0.4, -0.2) is 5.11 Å². The quantitative estimate of drug-likeness (QED) is 0.861. The highest BCUT2D eigenvalue weighted by atomic mass is 16.3. The number of aliphatic hydroxyl groups is 1. The molecule has 1 unspecified atom stereocenters. The fourth-order valence-electron chi connectivity index (χ4n) is 2.54. The first-order valence-corrected chi connectivity index (χ1v) is 6.43. The highest BCUT2D eigenvalue weighted by molar-refractivity contribution is 5.41. The van der Waals surface area contributed by atoms with Crippen LogP contribution in [-0.2, 0) is 5.60 Å². The molecule has 0 radical (unpaired) electrons. The van der Waals surface area contributed by atoms with E-state index >= 15 is 0 Å². The van der Waals surface area contributed by atoms with E-state index < -0.39 is 5.60 Å². The minimum absolute atomic E-state index is 0.668. The first-order chi connectivity index (χ1) is 8.58. The number of hydrogen-bond acceptors (Lipinski definition) is 1. The minimum atomic E-state index is -0.890. The second-order valence-electron chi connectivity index (χ2n) is 4.90. The number of rotatable bonds is 3. The smallest absolute Gasteiger partial charge is 0.115 e. The third kappa shape index (κ3) is 2.19. The van der Waals surface area contributed by atoms with E-state index in [9.17, 15) is 5.11 Å². The molecule has 1 N–H and O–H groups in total. The molecular weight excluding hydrogens is 220 g/mol. The van der Waals surface area contributed by atoms with Crippen LogP contribution in [0.1, 0.15) is 35.6 Å². The summed E-state index contributed by atoms with van der Waals surface area (Å²) < 4.78 is 0. The van der Waals surface area contributed by atoms with Gasteiger partial charge >= 0.3 is 0 Å². The van der Waals surface area contributed by atoms with Gasteiger partial charge in [0.15, 0.2) is 0 Å². The van der Waals surface area contributed by atoms with Gasteiger partial charge in [-0.25, -0.2) is 0 Å². The fraction of sp³-hybridized carbons (Fsp3) is 0.294. The standard InChI is InChI=1S/C17H20O/c1-4-17(18,15-8-6-5-7-9-15)16-11-10-13(2)12-14(16)3/h5-12,18H,4H2,1-3H3. The zero-order valence-electron chi connectivity index (χ0n) is 11.3. The maximum Gasteiger partial charge on any atom is 0.115 e. The summed E-state index contributed by atoms with van der Waals surface area (Å²) >= 11 is 0. The van der Waals surface area contributed by atoms with Crippen LogP contribution in [0.5, 0.6) is 0 Å². The molecule has 2 aromatic carbocycles. The fourth-order valence-corrected chi connectivity index (χ4v) is 2.54. The lowest BCUT2D eigenvalue weighted by Gasteiger charge is -2.29. The Hall–Kier alpha value is -1.60. The Balaban J connectivity index is 2.57. The van der Waals surface area contributed by atoms with Crippen LogP contribution < -0.4 is 0 Å². The molecule has 0 aliphatic rings. The SMILES string of the molecule is CCC(O)(c1ccccc1)c1ccc(C)cc1C. The third-order valence-corrected chi connectivity index (χ3v) is 3.59. The van der Waals surface area contributed by atoms with Gasteiger partial charge in [-0.3, -0.25) is 0 Å². The zero-order chi connectivity index (χ0) is 13.2. The van der Waals surface area contributed by atoms with Crippen molar-refractivity contribution in [1.29, 1.82) is 0 Å². The lowest BCUT2D eigenvalue weighted by Crippen LogP contribution is -2.27. The van der Waals surface area contributed by atoms with Gasteiger partial charge in [0.25, 0.3) is 0 Å². The van der Waals surface area contributed by atoms with Crippen molar-refractivity contribution in [2.75, 3.05) is 0 Å². The molecule has 0 saturated heterocycles. The van der Waals surface area contributed by atoms with Gasteiger partial charge in [-0.15, -0.1) is 0 Å². The molecule has 1 heteroatoms. The van der Waals surface area contributed by atoms with Crippen molar-refractivity contribution >= 4 is 0 Å². The minimum Gasteiger partial charge on any atom is -0.380 e.